The van der Waals surface area contributed by atoms with Crippen LogP contribution in [0.3, 0.4) is 0 Å². The molecule has 2 fully saturated rings. The van der Waals surface area contributed by atoms with E-state index in [0.29, 0.717) is 16.1 Å². The number of piperazine rings is 1. The smallest absolute Gasteiger partial charge is 0.382 e. The molecule has 1 saturated heterocycles. The first kappa shape index (κ1) is 31.2. The Morgan fingerprint density at radius 2 is 1.91 bits per heavy atom. The van der Waals surface area contributed by atoms with Crippen LogP contribution in [0.5, 0.6) is 0 Å². The minimum Gasteiger partial charge on any atom is -0.382 e. The van der Waals surface area contributed by atoms with Crippen LogP contribution in [-0.2, 0) is 17.9 Å². The number of aromatic nitrogens is 7. The second kappa shape index (κ2) is 12.2. The topological polar surface area (TPSA) is 165 Å². The van der Waals surface area contributed by atoms with Gasteiger partial charge in [0.05, 0.1) is 24.8 Å². The fourth-order valence-corrected chi connectivity index (χ4v) is 4.94. The number of hydrogen-bond acceptors (Lipinski definition) is 9. The summed E-state index contributed by atoms with van der Waals surface area (Å²) in [4.78, 5) is 48.9. The van der Waals surface area contributed by atoms with Crippen molar-refractivity contribution in [2.45, 2.75) is 44.0 Å². The second-order valence-corrected chi connectivity index (χ2v) is 11.1. The van der Waals surface area contributed by atoms with Crippen molar-refractivity contribution in [1.82, 2.24) is 44.7 Å². The maximum atomic E-state index is 13.5. The lowest BCUT2D eigenvalue weighted by molar-refractivity contribution is -0.207. The van der Waals surface area contributed by atoms with E-state index in [0.717, 1.165) is 4.68 Å². The van der Waals surface area contributed by atoms with Gasteiger partial charge in [-0.1, -0.05) is 11.6 Å². The molecular formula is C27H25ClF4N10O4. The van der Waals surface area contributed by atoms with Crippen molar-refractivity contribution in [3.05, 3.63) is 69.6 Å². The zero-order valence-electron chi connectivity index (χ0n) is 23.7. The minimum atomic E-state index is -5.01. The van der Waals surface area contributed by atoms with Crippen molar-refractivity contribution in [3.63, 3.8) is 0 Å². The van der Waals surface area contributed by atoms with Gasteiger partial charge in [0.15, 0.2) is 23.4 Å². The normalized spacial score (nSPS) is 18.7. The molecule has 0 unspecified atom stereocenters. The molecule has 1 aromatic carbocycles. The van der Waals surface area contributed by atoms with Crippen LogP contribution >= 0.6 is 11.6 Å². The monoisotopic (exact) mass is 664 g/mol. The molecule has 2 aliphatic rings. The first-order chi connectivity index (χ1) is 21.9. The Hall–Kier alpha value is -4.84. The standard InChI is InChI=1S/C27H25ClF4N10O4/c28-15-5-3-14(4-6-15)23-38-41(26(46)40(23)11-19(43)27(30,31)32)12-20-36-25(39-9-8-33-21(44)13-39)42(37-20)18-2-1-7-34-22(18)24(45)35-17-10-16(17)29/h1-7,16-17,19,43H,8-13H2,(H,33,44)(H,35,45)/t16-,17+,19+/m1/s1. The van der Waals surface area contributed by atoms with Crippen molar-refractivity contribution in [2.24, 2.45) is 0 Å². The lowest BCUT2D eigenvalue weighted by atomic mass is 10.2. The lowest BCUT2D eigenvalue weighted by Crippen LogP contribution is -2.48. The molecule has 0 spiro atoms. The van der Waals surface area contributed by atoms with Gasteiger partial charge >= 0.3 is 11.9 Å². The molecule has 2 amide bonds. The van der Waals surface area contributed by atoms with E-state index in [9.17, 15) is 37.1 Å². The van der Waals surface area contributed by atoms with Gasteiger partial charge in [-0.3, -0.25) is 14.2 Å². The van der Waals surface area contributed by atoms with Crippen LogP contribution < -0.4 is 21.2 Å². The molecule has 242 valence electrons. The van der Waals surface area contributed by atoms with Gasteiger partial charge in [-0.25, -0.2) is 18.9 Å². The molecule has 3 atom stereocenters. The maximum absolute atomic E-state index is 13.5. The maximum Gasteiger partial charge on any atom is 0.416 e. The van der Waals surface area contributed by atoms with Gasteiger partial charge in [0.25, 0.3) is 5.91 Å². The average molecular weight is 665 g/mol. The quantitative estimate of drug-likeness (QED) is 0.222. The van der Waals surface area contributed by atoms with E-state index in [-0.39, 0.29) is 60.0 Å². The number of nitrogens with zero attached hydrogens (tertiary/aromatic N) is 8. The van der Waals surface area contributed by atoms with Crippen LogP contribution in [0.25, 0.3) is 17.1 Å². The van der Waals surface area contributed by atoms with E-state index in [2.05, 4.69) is 30.8 Å². The third kappa shape index (κ3) is 6.43. The molecule has 4 heterocycles. The second-order valence-electron chi connectivity index (χ2n) is 10.7. The van der Waals surface area contributed by atoms with Crippen LogP contribution in [0.2, 0.25) is 5.02 Å². The van der Waals surface area contributed by atoms with E-state index < -0.39 is 49.2 Å². The number of nitrogens with one attached hydrogen (secondary N) is 2. The number of benzene rings is 1. The van der Waals surface area contributed by atoms with Crippen molar-refractivity contribution < 1.29 is 32.3 Å². The molecular weight excluding hydrogens is 640 g/mol. The summed E-state index contributed by atoms with van der Waals surface area (Å²) < 4.78 is 56.2. The Balaban J connectivity index is 1.41. The first-order valence-corrected chi connectivity index (χ1v) is 14.3. The summed E-state index contributed by atoms with van der Waals surface area (Å²) in [6.07, 6.45) is -7.49. The number of anilines is 1. The number of amides is 2. The molecule has 6 rings (SSSR count). The van der Waals surface area contributed by atoms with Gasteiger partial charge in [-0.15, -0.1) is 10.2 Å². The van der Waals surface area contributed by atoms with Gasteiger partial charge in [-0.2, -0.15) is 22.8 Å². The Morgan fingerprint density at radius 3 is 2.59 bits per heavy atom. The van der Waals surface area contributed by atoms with Crippen molar-refractivity contribution in [1.29, 1.82) is 0 Å². The van der Waals surface area contributed by atoms with Gasteiger partial charge in [0.2, 0.25) is 11.9 Å². The number of hydrogen-bond donors (Lipinski definition) is 3. The summed E-state index contributed by atoms with van der Waals surface area (Å²) in [5.74, 6) is -1.08. The lowest BCUT2D eigenvalue weighted by Gasteiger charge is -2.27. The fourth-order valence-electron chi connectivity index (χ4n) is 4.81. The number of halogens is 5. The number of aliphatic hydroxyl groups is 1. The summed E-state index contributed by atoms with van der Waals surface area (Å²) in [6.45, 7) is -1.11. The van der Waals surface area contributed by atoms with Gasteiger partial charge in [-0.05, 0) is 36.4 Å². The van der Waals surface area contributed by atoms with E-state index in [1.165, 1.54) is 47.3 Å². The summed E-state index contributed by atoms with van der Waals surface area (Å²) in [7, 11) is 0. The van der Waals surface area contributed by atoms with Crippen LogP contribution in [-0.4, -0.2) is 95.1 Å². The van der Waals surface area contributed by atoms with Crippen LogP contribution in [0, 0.1) is 0 Å². The third-order valence-electron chi connectivity index (χ3n) is 7.26. The van der Waals surface area contributed by atoms with Crippen LogP contribution in [0.1, 0.15) is 22.7 Å². The number of carbonyl (C=O) groups excluding carboxylic acids is 2. The zero-order chi connectivity index (χ0) is 32.7. The predicted octanol–water partition coefficient (Wildman–Crippen LogP) is 1.09. The number of carbonyl (C=O) groups is 2. The molecule has 1 aliphatic carbocycles. The van der Waals surface area contributed by atoms with E-state index in [1.807, 2.05) is 0 Å². The highest BCUT2D eigenvalue weighted by molar-refractivity contribution is 6.30. The number of rotatable bonds is 9. The molecule has 3 N–H and O–H groups in total. The molecule has 14 nitrogen and oxygen atoms in total. The first-order valence-electron chi connectivity index (χ1n) is 14.0. The summed E-state index contributed by atoms with van der Waals surface area (Å²) in [6, 6.07) is 8.25. The van der Waals surface area contributed by atoms with E-state index in [4.69, 9.17) is 11.6 Å². The summed E-state index contributed by atoms with van der Waals surface area (Å²) >= 11 is 5.96. The van der Waals surface area contributed by atoms with Crippen molar-refractivity contribution in [3.8, 4) is 17.1 Å². The molecule has 1 saturated carbocycles. The van der Waals surface area contributed by atoms with Gasteiger partial charge in [0, 0.05) is 36.3 Å². The van der Waals surface area contributed by atoms with Gasteiger partial charge in [0.1, 0.15) is 12.7 Å². The number of pyridine rings is 1. The van der Waals surface area contributed by atoms with E-state index in [1.54, 1.807) is 4.90 Å². The SMILES string of the molecule is O=C1CN(c2nc(Cn3nc(-c4ccc(Cl)cc4)n(C[C@H](O)C(F)(F)F)c3=O)nn2-c2cccnc2C(=O)N[C@H]2C[C@H]2F)CCN1. The van der Waals surface area contributed by atoms with Crippen molar-refractivity contribution in [2.75, 3.05) is 24.5 Å². The minimum absolute atomic E-state index is 0.0482. The Kier molecular flexibility index (Phi) is 8.24. The third-order valence-corrected chi connectivity index (χ3v) is 7.52. The van der Waals surface area contributed by atoms with Crippen LogP contribution in [0.4, 0.5) is 23.5 Å². The highest BCUT2D eigenvalue weighted by Gasteiger charge is 2.40. The summed E-state index contributed by atoms with van der Waals surface area (Å²) in [5.41, 5.74) is -0.697. The highest BCUT2D eigenvalue weighted by atomic mass is 35.5. The number of alkyl halides is 4. The largest absolute Gasteiger partial charge is 0.416 e. The molecule has 19 heteroatoms. The molecule has 3 aromatic heterocycles. The zero-order valence-corrected chi connectivity index (χ0v) is 24.4. The fraction of sp³-hybridized carbons (Fsp3) is 0.370. The predicted molar refractivity (Wildman–Crippen MR) is 153 cm³/mol. The van der Waals surface area contributed by atoms with Crippen molar-refractivity contribution >= 4 is 29.4 Å². The Bertz CT molecular complexity index is 1840. The van der Waals surface area contributed by atoms with Crippen LogP contribution in [0.15, 0.2) is 47.4 Å². The Morgan fingerprint density at radius 1 is 1.17 bits per heavy atom. The molecule has 46 heavy (non-hydrogen) atoms. The molecule has 1 aliphatic heterocycles. The molecule has 0 radical (unpaired) electrons. The Labute approximate surface area is 261 Å². The van der Waals surface area contributed by atoms with E-state index >= 15 is 0 Å². The number of aliphatic hydroxyl groups excluding tert-OH is 1. The summed E-state index contributed by atoms with van der Waals surface area (Å²) in [5, 5.41) is 24.1. The van der Waals surface area contributed by atoms with Gasteiger partial charge < -0.3 is 20.6 Å². The molecule has 4 aromatic rings. The highest BCUT2D eigenvalue weighted by Crippen LogP contribution is 2.27. The molecule has 0 bridgehead atoms. The average Bonchev–Trinajstić information content (AvgIpc) is 3.41.